The van der Waals surface area contributed by atoms with Gasteiger partial charge in [0, 0.05) is 32.1 Å². The van der Waals surface area contributed by atoms with Crippen LogP contribution in [0.5, 0.6) is 0 Å². The van der Waals surface area contributed by atoms with Crippen LogP contribution < -0.4 is 0 Å². The Balaban J connectivity index is 1.57. The molecule has 23 heavy (non-hydrogen) atoms. The smallest absolute Gasteiger partial charge is 0.328 e. The van der Waals surface area contributed by atoms with Crippen molar-refractivity contribution in [2.45, 2.75) is 44.3 Å². The lowest BCUT2D eigenvalue weighted by molar-refractivity contribution is -0.151. The second-order valence-electron chi connectivity index (χ2n) is 6.37. The van der Waals surface area contributed by atoms with Gasteiger partial charge in [0.25, 0.3) is 0 Å². The summed E-state index contributed by atoms with van der Waals surface area (Å²) in [6, 6.07) is 10.2. The number of likely N-dealkylation sites (tertiary alicyclic amines) is 2. The zero-order chi connectivity index (χ0) is 16.2. The van der Waals surface area contributed by atoms with E-state index in [4.69, 9.17) is 4.74 Å². The number of hydrogen-bond donors (Lipinski definition) is 0. The maximum atomic E-state index is 12.2. The Morgan fingerprint density at radius 1 is 1.17 bits per heavy atom. The van der Waals surface area contributed by atoms with E-state index in [-0.39, 0.29) is 24.0 Å². The number of piperidine rings is 1. The van der Waals surface area contributed by atoms with E-state index in [0.29, 0.717) is 12.8 Å². The van der Waals surface area contributed by atoms with Crippen molar-refractivity contribution in [3.63, 3.8) is 0 Å². The average Bonchev–Trinajstić information content (AvgIpc) is 2.97. The zero-order valence-corrected chi connectivity index (χ0v) is 13.6. The number of esters is 1. The highest BCUT2D eigenvalue weighted by Gasteiger charge is 2.41. The summed E-state index contributed by atoms with van der Waals surface area (Å²) >= 11 is 0. The van der Waals surface area contributed by atoms with Crippen LogP contribution in [0.4, 0.5) is 0 Å². The molecule has 1 atom stereocenters. The maximum Gasteiger partial charge on any atom is 0.328 e. The van der Waals surface area contributed by atoms with Crippen LogP contribution >= 0.6 is 0 Å². The average molecular weight is 316 g/mol. The topological polar surface area (TPSA) is 49.9 Å². The van der Waals surface area contributed by atoms with E-state index in [2.05, 4.69) is 29.2 Å². The monoisotopic (exact) mass is 316 g/mol. The van der Waals surface area contributed by atoms with Crippen LogP contribution in [0, 0.1) is 0 Å². The van der Waals surface area contributed by atoms with Crippen LogP contribution in [-0.4, -0.2) is 54.0 Å². The molecule has 0 radical (unpaired) electrons. The van der Waals surface area contributed by atoms with Gasteiger partial charge in [-0.15, -0.1) is 0 Å². The Kier molecular flexibility index (Phi) is 4.96. The second kappa shape index (κ2) is 7.13. The maximum absolute atomic E-state index is 12.2. The number of rotatable bonds is 4. The Morgan fingerprint density at radius 2 is 1.87 bits per heavy atom. The number of hydrogen-bond acceptors (Lipinski definition) is 4. The summed E-state index contributed by atoms with van der Waals surface area (Å²) < 4.78 is 4.86. The molecule has 0 unspecified atom stereocenters. The number of nitrogens with zero attached hydrogens (tertiary/aromatic N) is 2. The number of ether oxygens (including phenoxy) is 1. The number of benzene rings is 1. The predicted molar refractivity (Wildman–Crippen MR) is 86.6 cm³/mol. The van der Waals surface area contributed by atoms with Gasteiger partial charge < -0.3 is 9.64 Å². The molecule has 2 aliphatic rings. The molecule has 0 spiro atoms. The van der Waals surface area contributed by atoms with Gasteiger partial charge in [0.2, 0.25) is 5.91 Å². The summed E-state index contributed by atoms with van der Waals surface area (Å²) in [5.41, 5.74) is 1.32. The van der Waals surface area contributed by atoms with Crippen molar-refractivity contribution >= 4 is 11.9 Å². The molecule has 3 rings (SSSR count). The number of carbonyl (C=O) groups excluding carboxylic acids is 2. The standard InChI is InChI=1S/C18H24N2O3/c1-23-18(22)16-7-8-17(21)20(16)15-9-11-19(12-10-15)13-14-5-3-2-4-6-14/h2-6,15-16H,7-13H2,1H3/t16-/m1/s1. The van der Waals surface area contributed by atoms with Gasteiger partial charge in [0.15, 0.2) is 0 Å². The number of methoxy groups -OCH3 is 1. The van der Waals surface area contributed by atoms with Gasteiger partial charge in [-0.3, -0.25) is 9.69 Å². The second-order valence-corrected chi connectivity index (χ2v) is 6.37. The third-order valence-electron chi connectivity index (χ3n) is 4.93. The molecule has 1 amide bonds. The highest BCUT2D eigenvalue weighted by molar-refractivity contribution is 5.88. The SMILES string of the molecule is COC(=O)[C@H]1CCC(=O)N1C1CCN(Cc2ccccc2)CC1. The van der Waals surface area contributed by atoms with Crippen molar-refractivity contribution in [2.75, 3.05) is 20.2 Å². The molecule has 2 saturated heterocycles. The molecule has 2 heterocycles. The van der Waals surface area contributed by atoms with Gasteiger partial charge in [-0.05, 0) is 24.8 Å². The lowest BCUT2D eigenvalue weighted by atomic mass is 10.0. The highest BCUT2D eigenvalue weighted by Crippen LogP contribution is 2.28. The van der Waals surface area contributed by atoms with E-state index < -0.39 is 0 Å². The van der Waals surface area contributed by atoms with Crippen LogP contribution in [-0.2, 0) is 20.9 Å². The number of carbonyl (C=O) groups is 2. The van der Waals surface area contributed by atoms with Crippen molar-refractivity contribution in [1.82, 2.24) is 9.80 Å². The molecule has 0 aromatic heterocycles. The summed E-state index contributed by atoms with van der Waals surface area (Å²) in [7, 11) is 1.39. The van der Waals surface area contributed by atoms with Gasteiger partial charge in [0.1, 0.15) is 6.04 Å². The van der Waals surface area contributed by atoms with Crippen LogP contribution in [0.2, 0.25) is 0 Å². The van der Waals surface area contributed by atoms with Crippen molar-refractivity contribution in [1.29, 1.82) is 0 Å². The zero-order valence-electron chi connectivity index (χ0n) is 13.6. The van der Waals surface area contributed by atoms with E-state index >= 15 is 0 Å². The van der Waals surface area contributed by atoms with Crippen LogP contribution in [0.15, 0.2) is 30.3 Å². The van der Waals surface area contributed by atoms with E-state index in [1.165, 1.54) is 12.7 Å². The predicted octanol–water partition coefficient (Wildman–Crippen LogP) is 1.81. The fourth-order valence-electron chi connectivity index (χ4n) is 3.72. The summed E-state index contributed by atoms with van der Waals surface area (Å²) in [4.78, 5) is 28.3. The molecule has 5 nitrogen and oxygen atoms in total. The molecule has 2 aliphatic heterocycles. The number of amides is 1. The largest absolute Gasteiger partial charge is 0.467 e. The molecule has 0 N–H and O–H groups in total. The Hall–Kier alpha value is -1.88. The first-order valence-corrected chi connectivity index (χ1v) is 8.34. The van der Waals surface area contributed by atoms with Crippen molar-refractivity contribution in [3.05, 3.63) is 35.9 Å². The quantitative estimate of drug-likeness (QED) is 0.795. The molecule has 0 bridgehead atoms. The molecule has 1 aromatic carbocycles. The highest BCUT2D eigenvalue weighted by atomic mass is 16.5. The molecule has 124 valence electrons. The van der Waals surface area contributed by atoms with Gasteiger partial charge in [0.05, 0.1) is 7.11 Å². The molecule has 0 saturated carbocycles. The Labute approximate surface area is 137 Å². The van der Waals surface area contributed by atoms with Crippen LogP contribution in [0.25, 0.3) is 0 Å². The van der Waals surface area contributed by atoms with Crippen molar-refractivity contribution < 1.29 is 14.3 Å². The van der Waals surface area contributed by atoms with Crippen molar-refractivity contribution in [2.24, 2.45) is 0 Å². The minimum absolute atomic E-state index is 0.0990. The summed E-state index contributed by atoms with van der Waals surface area (Å²) in [5, 5.41) is 0. The summed E-state index contributed by atoms with van der Waals surface area (Å²) in [5.74, 6) is -0.176. The van der Waals surface area contributed by atoms with E-state index in [9.17, 15) is 9.59 Å². The molecule has 1 aromatic rings. The van der Waals surface area contributed by atoms with Gasteiger partial charge >= 0.3 is 5.97 Å². The molecule has 0 aliphatic carbocycles. The first-order chi connectivity index (χ1) is 11.2. The first-order valence-electron chi connectivity index (χ1n) is 8.34. The minimum atomic E-state index is -0.377. The normalized spacial score (nSPS) is 23.3. The van der Waals surface area contributed by atoms with E-state index in [0.717, 1.165) is 32.5 Å². The first kappa shape index (κ1) is 16.0. The molecular weight excluding hydrogens is 292 g/mol. The fourth-order valence-corrected chi connectivity index (χ4v) is 3.72. The van der Waals surface area contributed by atoms with Crippen molar-refractivity contribution in [3.8, 4) is 0 Å². The fraction of sp³-hybridized carbons (Fsp3) is 0.556. The molecular formula is C18H24N2O3. The van der Waals surface area contributed by atoms with Gasteiger partial charge in [-0.1, -0.05) is 30.3 Å². The van der Waals surface area contributed by atoms with Crippen LogP contribution in [0.1, 0.15) is 31.2 Å². The van der Waals surface area contributed by atoms with E-state index in [1.807, 2.05) is 6.07 Å². The summed E-state index contributed by atoms with van der Waals surface area (Å²) in [6.45, 7) is 2.86. The van der Waals surface area contributed by atoms with Crippen LogP contribution in [0.3, 0.4) is 0 Å². The minimum Gasteiger partial charge on any atom is -0.467 e. The Bertz CT molecular complexity index is 553. The molecule has 5 heteroatoms. The lowest BCUT2D eigenvalue weighted by Crippen LogP contribution is -2.50. The Morgan fingerprint density at radius 3 is 2.52 bits per heavy atom. The third-order valence-corrected chi connectivity index (χ3v) is 4.93. The summed E-state index contributed by atoms with van der Waals surface area (Å²) in [6.07, 6.45) is 2.90. The lowest BCUT2D eigenvalue weighted by Gasteiger charge is -2.38. The molecule has 2 fully saturated rings. The third kappa shape index (κ3) is 3.55. The van der Waals surface area contributed by atoms with E-state index in [1.54, 1.807) is 4.90 Å². The van der Waals surface area contributed by atoms with Gasteiger partial charge in [-0.2, -0.15) is 0 Å². The van der Waals surface area contributed by atoms with Gasteiger partial charge in [-0.25, -0.2) is 4.79 Å².